The third kappa shape index (κ3) is 1.93. The van der Waals surface area contributed by atoms with Crippen molar-refractivity contribution < 1.29 is 19.1 Å². The summed E-state index contributed by atoms with van der Waals surface area (Å²) in [5.74, 6) is -1.63. The predicted octanol–water partition coefficient (Wildman–Crippen LogP) is 2.30. The number of hydrogen-bond acceptors (Lipinski definition) is 4. The summed E-state index contributed by atoms with van der Waals surface area (Å²) in [5, 5.41) is 16.3. The smallest absolute Gasteiger partial charge is 0.261 e. The van der Waals surface area contributed by atoms with Gasteiger partial charge in [-0.1, -0.05) is 0 Å². The van der Waals surface area contributed by atoms with Gasteiger partial charge in [0.05, 0.1) is 6.42 Å². The lowest BCUT2D eigenvalue weighted by Gasteiger charge is -2.19. The summed E-state index contributed by atoms with van der Waals surface area (Å²) in [6.45, 7) is 0. The van der Waals surface area contributed by atoms with Gasteiger partial charge in [0.25, 0.3) is 5.91 Å². The molecule has 2 N–H and O–H groups in total. The minimum absolute atomic E-state index is 0.103. The van der Waals surface area contributed by atoms with E-state index in [0.29, 0.717) is 11.3 Å². The molecule has 1 aliphatic heterocycles. The molecule has 1 atom stereocenters. The molecule has 0 aliphatic carbocycles. The summed E-state index contributed by atoms with van der Waals surface area (Å²) >= 11 is 1.35. The predicted molar refractivity (Wildman–Crippen MR) is 72.2 cm³/mol. The van der Waals surface area contributed by atoms with Crippen LogP contribution in [0.15, 0.2) is 35.0 Å². The van der Waals surface area contributed by atoms with Gasteiger partial charge in [0.2, 0.25) is 0 Å². The lowest BCUT2D eigenvalue weighted by atomic mass is 9.88. The van der Waals surface area contributed by atoms with Gasteiger partial charge in [0, 0.05) is 22.2 Å². The Morgan fingerprint density at radius 2 is 2.20 bits per heavy atom. The van der Waals surface area contributed by atoms with Crippen LogP contribution in [0.2, 0.25) is 0 Å². The van der Waals surface area contributed by atoms with Gasteiger partial charge >= 0.3 is 0 Å². The molecule has 1 aliphatic rings. The van der Waals surface area contributed by atoms with E-state index in [2.05, 4.69) is 5.32 Å². The third-order valence-electron chi connectivity index (χ3n) is 3.31. The molecule has 6 heteroatoms. The number of nitrogens with one attached hydrogen (secondary N) is 1. The van der Waals surface area contributed by atoms with E-state index in [-0.39, 0.29) is 11.3 Å². The first-order valence-corrected chi connectivity index (χ1v) is 6.84. The van der Waals surface area contributed by atoms with Crippen molar-refractivity contribution in [3.05, 3.63) is 52.0 Å². The summed E-state index contributed by atoms with van der Waals surface area (Å²) < 4.78 is 13.3. The fourth-order valence-corrected chi connectivity index (χ4v) is 2.91. The van der Waals surface area contributed by atoms with Gasteiger partial charge < -0.3 is 10.4 Å². The van der Waals surface area contributed by atoms with E-state index in [4.69, 9.17) is 0 Å². The normalized spacial score (nSPS) is 20.6. The average molecular weight is 291 g/mol. The molecule has 1 amide bonds. The number of carbonyl (C=O) groups is 2. The van der Waals surface area contributed by atoms with Crippen molar-refractivity contribution in [2.75, 3.05) is 5.32 Å². The highest BCUT2D eigenvalue weighted by molar-refractivity contribution is 7.08. The number of Topliss-reactive ketones (excluding diaryl/α,β-unsaturated/α-hetero) is 1. The van der Waals surface area contributed by atoms with Crippen LogP contribution in [0.5, 0.6) is 0 Å². The highest BCUT2D eigenvalue weighted by Crippen LogP contribution is 2.39. The lowest BCUT2D eigenvalue weighted by Crippen LogP contribution is -2.36. The van der Waals surface area contributed by atoms with Crippen LogP contribution < -0.4 is 5.32 Å². The molecule has 102 valence electrons. The van der Waals surface area contributed by atoms with E-state index >= 15 is 0 Å². The maximum atomic E-state index is 13.3. The Kier molecular flexibility index (Phi) is 2.92. The molecule has 0 spiro atoms. The number of benzene rings is 1. The SMILES string of the molecule is O=C(C[C@@]1(O)C(=O)Nc2ccc(F)cc21)c1ccsc1. The number of rotatable bonds is 3. The van der Waals surface area contributed by atoms with Crippen LogP contribution in [0.1, 0.15) is 22.3 Å². The van der Waals surface area contributed by atoms with Crippen molar-refractivity contribution >= 4 is 28.7 Å². The second kappa shape index (κ2) is 4.50. The number of ketones is 1. The summed E-state index contributed by atoms with van der Waals surface area (Å²) in [5.41, 5.74) is -1.15. The van der Waals surface area contributed by atoms with Crippen LogP contribution in [-0.2, 0) is 10.4 Å². The second-order valence-electron chi connectivity index (χ2n) is 4.62. The van der Waals surface area contributed by atoms with Crippen LogP contribution in [0.3, 0.4) is 0 Å². The largest absolute Gasteiger partial charge is 0.375 e. The van der Waals surface area contributed by atoms with Crippen LogP contribution in [0.25, 0.3) is 0 Å². The molecule has 20 heavy (non-hydrogen) atoms. The molecule has 4 nitrogen and oxygen atoms in total. The standard InChI is InChI=1S/C14H10FNO3S/c15-9-1-2-11-10(5-9)14(19,13(18)16-11)6-12(17)8-3-4-20-7-8/h1-5,7,19H,6H2,(H,16,18)/t14-/m0/s1. The maximum Gasteiger partial charge on any atom is 0.261 e. The topological polar surface area (TPSA) is 66.4 Å². The molecule has 0 fully saturated rings. The van der Waals surface area contributed by atoms with Gasteiger partial charge in [-0.2, -0.15) is 11.3 Å². The highest BCUT2D eigenvalue weighted by atomic mass is 32.1. The van der Waals surface area contributed by atoms with E-state index in [1.807, 2.05) is 0 Å². The molecule has 3 rings (SSSR count). The first-order chi connectivity index (χ1) is 9.50. The van der Waals surface area contributed by atoms with Gasteiger partial charge in [-0.25, -0.2) is 4.39 Å². The summed E-state index contributed by atoms with van der Waals surface area (Å²) in [6, 6.07) is 5.25. The van der Waals surface area contributed by atoms with Crippen molar-refractivity contribution in [2.45, 2.75) is 12.0 Å². The van der Waals surface area contributed by atoms with Crippen LogP contribution in [0, 0.1) is 5.82 Å². The first kappa shape index (κ1) is 13.0. The van der Waals surface area contributed by atoms with Crippen LogP contribution in [0.4, 0.5) is 10.1 Å². The van der Waals surface area contributed by atoms with E-state index < -0.39 is 23.7 Å². The Morgan fingerprint density at radius 3 is 2.90 bits per heavy atom. The van der Waals surface area contributed by atoms with Gasteiger partial charge in [0.15, 0.2) is 11.4 Å². The highest BCUT2D eigenvalue weighted by Gasteiger charge is 2.47. The van der Waals surface area contributed by atoms with E-state index in [1.165, 1.54) is 23.5 Å². The van der Waals surface area contributed by atoms with Crippen LogP contribution >= 0.6 is 11.3 Å². The zero-order chi connectivity index (χ0) is 14.3. The molecule has 1 aromatic heterocycles. The number of carbonyl (C=O) groups excluding carboxylic acids is 2. The monoisotopic (exact) mass is 291 g/mol. The van der Waals surface area contributed by atoms with E-state index in [0.717, 1.165) is 6.07 Å². The van der Waals surface area contributed by atoms with Gasteiger partial charge in [-0.3, -0.25) is 9.59 Å². The molecule has 0 saturated heterocycles. The fraction of sp³-hybridized carbons (Fsp3) is 0.143. The summed E-state index contributed by atoms with van der Waals surface area (Å²) in [6.07, 6.45) is -0.411. The zero-order valence-corrected chi connectivity index (χ0v) is 11.0. The molecule has 0 bridgehead atoms. The lowest BCUT2D eigenvalue weighted by molar-refractivity contribution is -0.133. The Hall–Kier alpha value is -2.05. The molecule has 1 aromatic carbocycles. The van der Waals surface area contributed by atoms with Crippen LogP contribution in [-0.4, -0.2) is 16.8 Å². The minimum atomic E-state index is -2.02. The molecule has 2 aromatic rings. The first-order valence-electron chi connectivity index (χ1n) is 5.90. The molecule has 2 heterocycles. The number of hydrogen-bond donors (Lipinski definition) is 2. The molecular formula is C14H10FNO3S. The Labute approximate surface area is 117 Å². The Bertz CT molecular complexity index is 698. The number of halogens is 1. The minimum Gasteiger partial charge on any atom is -0.375 e. The zero-order valence-electron chi connectivity index (χ0n) is 10.2. The van der Waals surface area contributed by atoms with E-state index in [9.17, 15) is 19.1 Å². The molecular weight excluding hydrogens is 281 g/mol. The van der Waals surface area contributed by atoms with E-state index in [1.54, 1.807) is 16.8 Å². The second-order valence-corrected chi connectivity index (χ2v) is 5.40. The number of amides is 1. The maximum absolute atomic E-state index is 13.3. The van der Waals surface area contributed by atoms with Gasteiger partial charge in [-0.05, 0) is 29.6 Å². The van der Waals surface area contributed by atoms with Crippen molar-refractivity contribution in [1.82, 2.24) is 0 Å². The molecule has 0 unspecified atom stereocenters. The summed E-state index contributed by atoms with van der Waals surface area (Å²) in [4.78, 5) is 24.0. The van der Waals surface area contributed by atoms with Crippen molar-refractivity contribution in [2.24, 2.45) is 0 Å². The number of thiophene rings is 1. The number of fused-ring (bicyclic) bond motifs is 1. The molecule has 0 radical (unpaired) electrons. The van der Waals surface area contributed by atoms with Gasteiger partial charge in [-0.15, -0.1) is 0 Å². The fourth-order valence-electron chi connectivity index (χ4n) is 2.25. The Balaban J connectivity index is 1.98. The number of anilines is 1. The number of aliphatic hydroxyl groups is 1. The van der Waals surface area contributed by atoms with Gasteiger partial charge in [0.1, 0.15) is 5.82 Å². The summed E-state index contributed by atoms with van der Waals surface area (Å²) in [7, 11) is 0. The molecule has 0 saturated carbocycles. The Morgan fingerprint density at radius 1 is 1.40 bits per heavy atom. The van der Waals surface area contributed by atoms with Crippen molar-refractivity contribution in [3.63, 3.8) is 0 Å². The van der Waals surface area contributed by atoms with Crippen molar-refractivity contribution in [1.29, 1.82) is 0 Å². The average Bonchev–Trinajstić information content (AvgIpc) is 3.00. The third-order valence-corrected chi connectivity index (χ3v) is 3.99. The van der Waals surface area contributed by atoms with Crippen molar-refractivity contribution in [3.8, 4) is 0 Å². The quantitative estimate of drug-likeness (QED) is 0.853.